The van der Waals surface area contributed by atoms with Gasteiger partial charge in [0, 0.05) is 17.3 Å². The van der Waals surface area contributed by atoms with E-state index >= 15 is 0 Å². The standard InChI is InChI=1S/C21H23N3O5S/c1-6-28-19(26)14(10-15-12(4)23-21-24(15)8-9-30-21)18(25)17-11(3)16(13(5)22-17)20(27)29-7-2/h8-10,22H,6-7H2,1-5H3. The van der Waals surface area contributed by atoms with Gasteiger partial charge in [0.15, 0.2) is 4.96 Å². The Balaban J connectivity index is 2.12. The molecule has 0 unspecified atom stereocenters. The largest absolute Gasteiger partial charge is 0.462 e. The Morgan fingerprint density at radius 1 is 1.17 bits per heavy atom. The van der Waals surface area contributed by atoms with Crippen LogP contribution in [0.5, 0.6) is 0 Å². The molecule has 0 atom stereocenters. The summed E-state index contributed by atoms with van der Waals surface area (Å²) in [6.45, 7) is 8.86. The van der Waals surface area contributed by atoms with Gasteiger partial charge in [0.1, 0.15) is 5.57 Å². The number of H-pyrrole nitrogens is 1. The maximum atomic E-state index is 13.4. The smallest absolute Gasteiger partial charge is 0.342 e. The van der Waals surface area contributed by atoms with Crippen LogP contribution in [-0.4, -0.2) is 45.3 Å². The van der Waals surface area contributed by atoms with Crippen molar-refractivity contribution in [2.45, 2.75) is 34.6 Å². The number of rotatable bonds is 7. The molecule has 9 heteroatoms. The summed E-state index contributed by atoms with van der Waals surface area (Å²) < 4.78 is 12.0. The van der Waals surface area contributed by atoms with E-state index in [2.05, 4.69) is 9.97 Å². The molecule has 30 heavy (non-hydrogen) atoms. The SMILES string of the molecule is CCOC(=O)C(=Cc1c(C)nc2sccn12)C(=O)c1[nH]c(C)c(C(=O)OCC)c1C. The highest BCUT2D eigenvalue weighted by Gasteiger charge is 2.29. The second kappa shape index (κ2) is 8.66. The summed E-state index contributed by atoms with van der Waals surface area (Å²) in [6, 6.07) is 0. The third-order valence-electron chi connectivity index (χ3n) is 4.65. The van der Waals surface area contributed by atoms with Gasteiger partial charge in [-0.3, -0.25) is 9.20 Å². The Hall–Kier alpha value is -3.20. The summed E-state index contributed by atoms with van der Waals surface area (Å²) >= 11 is 1.45. The Morgan fingerprint density at radius 2 is 1.87 bits per heavy atom. The summed E-state index contributed by atoms with van der Waals surface area (Å²) in [5.74, 6) is -1.82. The van der Waals surface area contributed by atoms with Crippen LogP contribution in [-0.2, 0) is 14.3 Å². The number of aryl methyl sites for hydroxylation is 2. The molecule has 0 saturated heterocycles. The van der Waals surface area contributed by atoms with Crippen molar-refractivity contribution in [2.24, 2.45) is 0 Å². The number of ketones is 1. The van der Waals surface area contributed by atoms with Crippen LogP contribution in [0.2, 0.25) is 0 Å². The lowest BCUT2D eigenvalue weighted by atomic mass is 10.0. The third-order valence-corrected chi connectivity index (χ3v) is 5.40. The summed E-state index contributed by atoms with van der Waals surface area (Å²) in [5.41, 5.74) is 2.53. The number of fused-ring (bicyclic) bond motifs is 1. The predicted molar refractivity (Wildman–Crippen MR) is 113 cm³/mol. The van der Waals surface area contributed by atoms with E-state index in [0.717, 1.165) is 4.96 Å². The number of aromatic amines is 1. The van der Waals surface area contributed by atoms with E-state index in [4.69, 9.17) is 9.47 Å². The number of hydrogen-bond donors (Lipinski definition) is 1. The van der Waals surface area contributed by atoms with Crippen LogP contribution in [0.15, 0.2) is 17.2 Å². The van der Waals surface area contributed by atoms with Crippen LogP contribution in [0.3, 0.4) is 0 Å². The minimum absolute atomic E-state index is 0.125. The lowest BCUT2D eigenvalue weighted by Gasteiger charge is -2.07. The lowest BCUT2D eigenvalue weighted by Crippen LogP contribution is -2.18. The van der Waals surface area contributed by atoms with E-state index in [1.165, 1.54) is 17.4 Å². The molecule has 158 valence electrons. The second-order valence-electron chi connectivity index (χ2n) is 6.59. The number of esters is 2. The van der Waals surface area contributed by atoms with Crippen molar-refractivity contribution in [3.05, 3.63) is 51.1 Å². The first-order chi connectivity index (χ1) is 14.3. The Labute approximate surface area is 177 Å². The molecule has 0 aliphatic carbocycles. The van der Waals surface area contributed by atoms with E-state index < -0.39 is 17.7 Å². The molecular weight excluding hydrogens is 406 g/mol. The number of carbonyl (C=O) groups excluding carboxylic acids is 3. The van der Waals surface area contributed by atoms with Crippen molar-refractivity contribution in [3.63, 3.8) is 0 Å². The normalized spacial score (nSPS) is 11.7. The zero-order chi connectivity index (χ0) is 22.0. The van der Waals surface area contributed by atoms with Gasteiger partial charge in [0.2, 0.25) is 5.78 Å². The number of nitrogens with one attached hydrogen (secondary N) is 1. The minimum atomic E-state index is -0.739. The number of imidazole rings is 1. The van der Waals surface area contributed by atoms with Gasteiger partial charge in [-0.15, -0.1) is 11.3 Å². The van der Waals surface area contributed by atoms with Gasteiger partial charge in [-0.05, 0) is 46.3 Å². The van der Waals surface area contributed by atoms with Crippen LogP contribution in [0, 0.1) is 20.8 Å². The van der Waals surface area contributed by atoms with Crippen LogP contribution in [0.4, 0.5) is 0 Å². The van der Waals surface area contributed by atoms with Crippen LogP contribution < -0.4 is 0 Å². The summed E-state index contributed by atoms with van der Waals surface area (Å²) in [7, 11) is 0. The van der Waals surface area contributed by atoms with E-state index in [0.29, 0.717) is 28.2 Å². The van der Waals surface area contributed by atoms with Crippen LogP contribution in [0.25, 0.3) is 11.0 Å². The molecule has 3 rings (SSSR count). The quantitative estimate of drug-likeness (QED) is 0.202. The molecule has 0 aliphatic heterocycles. The lowest BCUT2D eigenvalue weighted by molar-refractivity contribution is -0.137. The van der Waals surface area contributed by atoms with Crippen molar-refractivity contribution in [2.75, 3.05) is 13.2 Å². The maximum absolute atomic E-state index is 13.4. The molecule has 1 N–H and O–H groups in total. The van der Waals surface area contributed by atoms with Gasteiger partial charge in [-0.25, -0.2) is 14.6 Å². The predicted octanol–water partition coefficient (Wildman–Crippen LogP) is 3.66. The van der Waals surface area contributed by atoms with Gasteiger partial charge in [0.05, 0.1) is 35.9 Å². The van der Waals surface area contributed by atoms with E-state index in [1.807, 2.05) is 22.9 Å². The molecule has 0 aliphatic rings. The number of nitrogens with zero attached hydrogens (tertiary/aromatic N) is 2. The van der Waals surface area contributed by atoms with E-state index in [-0.39, 0.29) is 24.5 Å². The van der Waals surface area contributed by atoms with Crippen molar-refractivity contribution < 1.29 is 23.9 Å². The van der Waals surface area contributed by atoms with Gasteiger partial charge >= 0.3 is 11.9 Å². The minimum Gasteiger partial charge on any atom is -0.462 e. The Bertz CT molecular complexity index is 1170. The average molecular weight is 429 g/mol. The monoisotopic (exact) mass is 429 g/mol. The fourth-order valence-electron chi connectivity index (χ4n) is 3.27. The number of aromatic nitrogens is 3. The van der Waals surface area contributed by atoms with Crippen molar-refractivity contribution in [1.82, 2.24) is 14.4 Å². The topological polar surface area (TPSA) is 103 Å². The summed E-state index contributed by atoms with van der Waals surface area (Å²) in [4.78, 5) is 46.4. The van der Waals surface area contributed by atoms with Gasteiger partial charge < -0.3 is 14.5 Å². The van der Waals surface area contributed by atoms with Gasteiger partial charge in [-0.2, -0.15) is 0 Å². The Kier molecular flexibility index (Phi) is 6.21. The van der Waals surface area contributed by atoms with E-state index in [9.17, 15) is 14.4 Å². The summed E-state index contributed by atoms with van der Waals surface area (Å²) in [6.07, 6.45) is 3.31. The molecule has 0 radical (unpaired) electrons. The molecule has 3 aromatic rings. The molecule has 3 aromatic heterocycles. The fraction of sp³-hybridized carbons (Fsp3) is 0.333. The molecule has 0 fully saturated rings. The maximum Gasteiger partial charge on any atom is 0.342 e. The van der Waals surface area contributed by atoms with Crippen LogP contribution in [0.1, 0.15) is 57.3 Å². The number of carbonyl (C=O) groups is 3. The third kappa shape index (κ3) is 3.80. The molecule has 0 saturated carbocycles. The van der Waals surface area contributed by atoms with Gasteiger partial charge in [-0.1, -0.05) is 0 Å². The molecule has 0 bridgehead atoms. The fourth-order valence-corrected chi connectivity index (χ4v) is 4.04. The molecular formula is C21H23N3O5S. The van der Waals surface area contributed by atoms with Crippen LogP contribution >= 0.6 is 11.3 Å². The Morgan fingerprint density at radius 3 is 2.53 bits per heavy atom. The first kappa shape index (κ1) is 21.5. The number of thiazole rings is 1. The van der Waals surface area contributed by atoms with Crippen molar-refractivity contribution in [1.29, 1.82) is 0 Å². The van der Waals surface area contributed by atoms with Crippen molar-refractivity contribution >= 4 is 40.1 Å². The number of ether oxygens (including phenoxy) is 2. The zero-order valence-corrected chi connectivity index (χ0v) is 18.3. The second-order valence-corrected chi connectivity index (χ2v) is 7.46. The summed E-state index contributed by atoms with van der Waals surface area (Å²) in [5, 5.41) is 1.87. The first-order valence-corrected chi connectivity index (χ1v) is 10.4. The molecule has 3 heterocycles. The highest BCUT2D eigenvalue weighted by atomic mass is 32.1. The van der Waals surface area contributed by atoms with Crippen molar-refractivity contribution in [3.8, 4) is 0 Å². The molecule has 0 spiro atoms. The molecule has 8 nitrogen and oxygen atoms in total. The highest BCUT2D eigenvalue weighted by molar-refractivity contribution is 7.15. The average Bonchev–Trinajstić information content (AvgIpc) is 3.33. The zero-order valence-electron chi connectivity index (χ0n) is 17.5. The van der Waals surface area contributed by atoms with E-state index in [1.54, 1.807) is 27.7 Å². The first-order valence-electron chi connectivity index (χ1n) is 9.52. The molecule has 0 aromatic carbocycles. The molecule has 0 amide bonds. The number of hydrogen-bond acceptors (Lipinski definition) is 7. The highest BCUT2D eigenvalue weighted by Crippen LogP contribution is 2.25. The number of Topliss-reactive ketones (excluding diaryl/α,β-unsaturated/α-hetero) is 1. The van der Waals surface area contributed by atoms with Gasteiger partial charge in [0.25, 0.3) is 0 Å².